The molecule has 0 aliphatic rings. The first-order valence-corrected chi connectivity index (χ1v) is 41.7. The van der Waals surface area contributed by atoms with Crippen LogP contribution < -0.4 is 18.3 Å². The van der Waals surface area contributed by atoms with Crippen LogP contribution in [-0.4, -0.2) is 19.9 Å². The van der Waals surface area contributed by atoms with Crippen LogP contribution >= 0.6 is 0 Å². The molecule has 600 valence electrons. The summed E-state index contributed by atoms with van der Waals surface area (Å²) in [4.78, 5) is 19.0. The van der Waals surface area contributed by atoms with Crippen LogP contribution in [0, 0.1) is 27.7 Å². The van der Waals surface area contributed by atoms with Crippen LogP contribution in [0.1, 0.15) is 284 Å². The maximum atomic E-state index is 8.68. The van der Waals surface area contributed by atoms with Gasteiger partial charge in [0.2, 0.25) is 45.6 Å². The zero-order valence-corrected chi connectivity index (χ0v) is 73.9. The molecule has 12 aromatic heterocycles. The van der Waals surface area contributed by atoms with Crippen LogP contribution in [0.3, 0.4) is 0 Å². The summed E-state index contributed by atoms with van der Waals surface area (Å²) in [6.45, 7) is 49.6. The van der Waals surface area contributed by atoms with Gasteiger partial charge in [-0.2, -0.15) is 0 Å². The Kier molecular flexibility index (Phi) is 22.0. The number of pyridine rings is 8. The van der Waals surface area contributed by atoms with Gasteiger partial charge in [0.1, 0.15) is 28.2 Å². The summed E-state index contributed by atoms with van der Waals surface area (Å²) in [6, 6.07) is 42.4. The van der Waals surface area contributed by atoms with E-state index in [1.165, 1.54) is 50.3 Å². The number of furan rings is 4. The summed E-state index contributed by atoms with van der Waals surface area (Å²) in [6.07, 6.45) is 6.87. The van der Waals surface area contributed by atoms with Crippen molar-refractivity contribution in [1.29, 1.82) is 0 Å². The number of nitrogens with zero attached hydrogens (tertiary/aromatic N) is 8. The van der Waals surface area contributed by atoms with Gasteiger partial charge in [-0.05, 0) is 194 Å². The molecule has 0 amide bonds. The Labute approximate surface area is 696 Å². The molecule has 0 spiro atoms. The van der Waals surface area contributed by atoms with Crippen molar-refractivity contribution >= 4 is 88.3 Å². The van der Waals surface area contributed by atoms with Crippen molar-refractivity contribution in [2.45, 2.75) is 239 Å². The lowest BCUT2D eigenvalue weighted by molar-refractivity contribution is -0.661. The number of aromatic nitrogens is 8. The highest BCUT2D eigenvalue weighted by atomic mass is 16.4. The summed E-state index contributed by atoms with van der Waals surface area (Å²) in [5.74, 6) is 0.699. The highest BCUT2D eigenvalue weighted by Crippen LogP contribution is 2.44. The van der Waals surface area contributed by atoms with E-state index in [2.05, 4.69) is 255 Å². The Morgan fingerprint density at radius 2 is 0.552 bits per heavy atom. The van der Waals surface area contributed by atoms with Crippen molar-refractivity contribution in [2.75, 3.05) is 0 Å². The number of hydrogen-bond donors (Lipinski definition) is 0. The second-order valence-electron chi connectivity index (χ2n) is 34.1. The summed E-state index contributed by atoms with van der Waals surface area (Å²) in [5, 5.41) is 8.42. The van der Waals surface area contributed by atoms with Gasteiger partial charge >= 0.3 is 0 Å². The predicted octanol–water partition coefficient (Wildman–Crippen LogP) is 26.4. The topological polar surface area (TPSA) is 120 Å². The van der Waals surface area contributed by atoms with E-state index in [1.54, 1.807) is 41.5 Å². The van der Waals surface area contributed by atoms with Gasteiger partial charge in [-0.25, -0.2) is 38.2 Å². The summed E-state index contributed by atoms with van der Waals surface area (Å²) >= 11 is 0. The van der Waals surface area contributed by atoms with Crippen LogP contribution in [0.2, 0.25) is 0 Å². The minimum Gasteiger partial charge on any atom is -0.437 e. The Bertz CT molecular complexity index is 6730. The first-order chi connectivity index (χ1) is 57.2. The number of benzene rings is 4. The largest absolute Gasteiger partial charge is 0.437 e. The maximum Gasteiger partial charge on any atom is 0.227 e. The molecule has 16 aromatic rings. The molecule has 116 heavy (non-hydrogen) atoms. The quantitative estimate of drug-likeness (QED) is 0.0878. The van der Waals surface area contributed by atoms with E-state index in [0.717, 1.165) is 152 Å². The van der Waals surface area contributed by atoms with Crippen LogP contribution in [-0.2, 0) is 53.8 Å². The van der Waals surface area contributed by atoms with Crippen LogP contribution in [0.4, 0.5) is 0 Å². The van der Waals surface area contributed by atoms with Crippen molar-refractivity contribution in [2.24, 2.45) is 28.2 Å². The van der Waals surface area contributed by atoms with Crippen LogP contribution in [0.15, 0.2) is 164 Å². The molecule has 0 bridgehead atoms. The molecule has 12 nitrogen and oxygen atoms in total. The Balaban J connectivity index is 0.000000140. The smallest absolute Gasteiger partial charge is 0.227 e. The van der Waals surface area contributed by atoms with Gasteiger partial charge in [-0.15, -0.1) is 0 Å². The Hall–Kier alpha value is -10.7. The summed E-state index contributed by atoms with van der Waals surface area (Å²) in [7, 11) is 8.11. The van der Waals surface area contributed by atoms with Crippen molar-refractivity contribution in [3.8, 4) is 45.0 Å². The summed E-state index contributed by atoms with van der Waals surface area (Å²) < 4.78 is 84.4. The fourth-order valence-electron chi connectivity index (χ4n) is 16.5. The molecule has 0 aliphatic heterocycles. The first kappa shape index (κ1) is 75.3. The third-order valence-corrected chi connectivity index (χ3v) is 23.3. The second-order valence-corrected chi connectivity index (χ2v) is 34.1. The van der Waals surface area contributed by atoms with Crippen LogP contribution in [0.25, 0.3) is 133 Å². The van der Waals surface area contributed by atoms with E-state index in [4.69, 9.17) is 40.8 Å². The molecule has 0 atom stereocenters. The van der Waals surface area contributed by atoms with Crippen molar-refractivity contribution in [3.63, 3.8) is 0 Å². The number of hydrogen-bond acceptors (Lipinski definition) is 8. The molecule has 12 heterocycles. The molecule has 0 N–H and O–H groups in total. The number of aryl methyl sites for hydroxylation is 12. The summed E-state index contributed by atoms with van der Waals surface area (Å²) in [5.41, 5.74) is 31.2. The van der Waals surface area contributed by atoms with Crippen molar-refractivity contribution in [3.05, 3.63) is 236 Å². The molecule has 0 saturated heterocycles. The standard InChI is InChI=1S/C27H33N2O.2C26H31N2O.C25H29N2O/c1-15(2)21-13-24(29(8)14-22(21)16(3)4)25-18(7)9-10-19-20-11-12-23(17(5)6)28-27(20)30-26(19)25;1-8-18-10-12-20-19-11-9-17(6)24(25(19)29-26(20)27-18)23-13-21(15(2)3)22(16(4)5)14-28(23)7;1-8-18-14-28(7)23(13-21(18)15(2)3)24-17(6)9-10-19-20-11-12-22(16(4)5)27-26(20)29-25(19)24;1-7-17-14-27(6)22(13-21(17)15(3)4)23-16(5)9-11-19-20-12-10-18(8-2)26-25(20)28-24(19)23/h9-17H,1-8H3;2*9-16H,8H2,1-7H3;9-15H,7-8H2,1-6H3/q4*+1/i;;8D2,15D;7D2,15D. The van der Waals surface area contributed by atoms with Gasteiger partial charge in [-0.3, -0.25) is 0 Å². The third-order valence-electron chi connectivity index (χ3n) is 23.3. The zero-order chi connectivity index (χ0) is 88.9. The fraction of sp³-hybridized carbons (Fsp3) is 0.385. The minimum atomic E-state index is -1.55. The normalized spacial score (nSPS) is 13.2. The lowest BCUT2D eigenvalue weighted by atomic mass is 9.90. The molecule has 0 fully saturated rings. The highest BCUT2D eigenvalue weighted by molar-refractivity contribution is 6.12. The highest BCUT2D eigenvalue weighted by Gasteiger charge is 2.31. The third kappa shape index (κ3) is 15.8. The van der Waals surface area contributed by atoms with Crippen molar-refractivity contribution < 1.29 is 44.2 Å². The van der Waals surface area contributed by atoms with E-state index < -0.39 is 24.5 Å². The molecule has 0 radical (unpaired) electrons. The zero-order valence-electron chi connectivity index (χ0n) is 79.9. The Morgan fingerprint density at radius 3 is 0.802 bits per heavy atom. The molecule has 0 aliphatic carbocycles. The van der Waals surface area contributed by atoms with E-state index >= 15 is 0 Å². The monoisotopic (exact) mass is 1560 g/mol. The molecular formula is C104H124N8O4+4. The van der Waals surface area contributed by atoms with E-state index in [-0.39, 0.29) is 0 Å². The molecule has 16 rings (SSSR count). The van der Waals surface area contributed by atoms with Gasteiger partial charge < -0.3 is 17.7 Å². The van der Waals surface area contributed by atoms with Gasteiger partial charge in [0.05, 0.1) is 22.3 Å². The molecule has 4 aromatic carbocycles. The van der Waals surface area contributed by atoms with Gasteiger partial charge in [-0.1, -0.05) is 187 Å². The van der Waals surface area contributed by atoms with Gasteiger partial charge in [0.15, 0.2) is 47.1 Å². The molecular weight excluding hydrogens is 1430 g/mol. The predicted molar refractivity (Wildman–Crippen MR) is 482 cm³/mol. The minimum absolute atomic E-state index is 0.310. The molecule has 12 heteroatoms. The van der Waals surface area contributed by atoms with E-state index in [9.17, 15) is 0 Å². The SMILES string of the molecule is CCc1ccc2c(n1)oc1c(-c3cc(C(C)C)c(C(C)C)c[n+]3C)c(C)ccc12.Cc1ccc2c(oc3nc(C(C)C)ccc32)c1-c1cc(C(C)C)c(C(C)C)c[n+]1C.[2H]C([2H])(C)c1c[n+](C)c(-c2c(C)ccc3c2oc2nc(C(C)C)ccc23)cc1C([2H])(C)C.[2H]C([2H])(C)c1c[n+](C)c(-c2c(C)ccc3c2oc2nc(CC)ccc23)cc1C([2H])(C)C. The van der Waals surface area contributed by atoms with Crippen LogP contribution in [0.5, 0.6) is 0 Å². The lowest BCUT2D eigenvalue weighted by Crippen LogP contribution is -2.32. The van der Waals surface area contributed by atoms with Gasteiger partial charge in [0.25, 0.3) is 0 Å². The number of fused-ring (bicyclic) bond motifs is 12. The average Bonchev–Trinajstić information content (AvgIpc) is 1.46. The van der Waals surface area contributed by atoms with Gasteiger partial charge in [0, 0.05) is 121 Å². The Morgan fingerprint density at radius 1 is 0.302 bits per heavy atom. The molecule has 0 saturated carbocycles. The number of rotatable bonds is 16. The lowest BCUT2D eigenvalue weighted by Gasteiger charge is -2.16. The fourth-order valence-corrected chi connectivity index (χ4v) is 16.5. The molecule has 0 unspecified atom stereocenters. The van der Waals surface area contributed by atoms with E-state index in [0.29, 0.717) is 69.2 Å². The van der Waals surface area contributed by atoms with Crippen molar-refractivity contribution in [1.82, 2.24) is 19.9 Å². The van der Waals surface area contributed by atoms with E-state index in [1.807, 2.05) is 67.7 Å². The second kappa shape index (κ2) is 33.8. The average molecular weight is 1560 g/mol. The first-order valence-electron chi connectivity index (χ1n) is 44.7. The maximum absolute atomic E-state index is 8.68.